The number of amides is 2. The Kier molecular flexibility index (Phi) is 7.39. The Balaban J connectivity index is 1.63. The maximum absolute atomic E-state index is 13.0. The van der Waals surface area contributed by atoms with Crippen LogP contribution in [0.2, 0.25) is 0 Å². The predicted molar refractivity (Wildman–Crippen MR) is 117 cm³/mol. The molecule has 1 aliphatic heterocycles. The first-order valence-corrected chi connectivity index (χ1v) is 11.1. The molecular weight excluding hydrogens is 384 g/mol. The highest BCUT2D eigenvalue weighted by atomic mass is 32.1. The summed E-state index contributed by atoms with van der Waals surface area (Å²) in [6, 6.07) is 8.30. The fourth-order valence-corrected chi connectivity index (χ4v) is 4.56. The first-order chi connectivity index (χ1) is 14.0. The van der Waals surface area contributed by atoms with Crippen molar-refractivity contribution in [2.24, 2.45) is 0 Å². The van der Waals surface area contributed by atoms with Gasteiger partial charge in [-0.2, -0.15) is 0 Å². The number of benzene rings is 1. The van der Waals surface area contributed by atoms with Crippen molar-refractivity contribution < 1.29 is 9.59 Å². The number of carbonyl (C=O) groups is 2. The molecular formula is C22H30N4O2S. The Morgan fingerprint density at radius 1 is 1.10 bits per heavy atom. The molecule has 1 saturated heterocycles. The van der Waals surface area contributed by atoms with E-state index in [1.165, 1.54) is 5.56 Å². The van der Waals surface area contributed by atoms with Gasteiger partial charge in [0.2, 0.25) is 11.8 Å². The molecule has 29 heavy (non-hydrogen) atoms. The molecule has 2 amide bonds. The van der Waals surface area contributed by atoms with Crippen molar-refractivity contribution in [2.45, 2.75) is 33.6 Å². The molecule has 0 saturated carbocycles. The summed E-state index contributed by atoms with van der Waals surface area (Å²) in [5, 5.41) is 3.82. The molecule has 0 radical (unpaired) electrons. The minimum atomic E-state index is 0.0511. The zero-order valence-corrected chi connectivity index (χ0v) is 18.3. The molecule has 0 unspecified atom stereocenters. The van der Waals surface area contributed by atoms with Crippen LogP contribution in [0.25, 0.3) is 11.3 Å². The minimum absolute atomic E-state index is 0.0511. The average Bonchev–Trinajstić information content (AvgIpc) is 2.89. The molecule has 0 spiro atoms. The molecule has 0 aliphatic carbocycles. The third-order valence-corrected chi connectivity index (χ3v) is 6.09. The first-order valence-electron chi connectivity index (χ1n) is 10.3. The molecule has 7 heteroatoms. The number of aromatic nitrogens is 1. The van der Waals surface area contributed by atoms with Gasteiger partial charge in [-0.15, -0.1) is 11.3 Å². The highest BCUT2D eigenvalue weighted by Gasteiger charge is 2.22. The van der Waals surface area contributed by atoms with Gasteiger partial charge in [-0.3, -0.25) is 14.5 Å². The number of likely N-dealkylation sites (N-methyl/N-ethyl adjacent to an activating group) is 1. The molecule has 1 aromatic carbocycles. The van der Waals surface area contributed by atoms with Crippen molar-refractivity contribution >= 4 is 23.2 Å². The summed E-state index contributed by atoms with van der Waals surface area (Å²) in [5.41, 5.74) is 3.19. The monoisotopic (exact) mass is 414 g/mol. The quantitative estimate of drug-likeness (QED) is 0.789. The summed E-state index contributed by atoms with van der Waals surface area (Å²) in [5.74, 6) is 0.192. The van der Waals surface area contributed by atoms with Crippen LogP contribution in [0.1, 0.15) is 28.8 Å². The van der Waals surface area contributed by atoms with E-state index in [4.69, 9.17) is 0 Å². The first kappa shape index (κ1) is 21.5. The zero-order valence-electron chi connectivity index (χ0n) is 17.5. The number of carbonyl (C=O) groups excluding carboxylic acids is 2. The normalized spacial score (nSPS) is 15.2. The molecule has 1 aromatic heterocycles. The Morgan fingerprint density at radius 2 is 1.86 bits per heavy atom. The Morgan fingerprint density at radius 3 is 2.59 bits per heavy atom. The minimum Gasteiger partial charge on any atom is -0.355 e. The van der Waals surface area contributed by atoms with E-state index in [2.05, 4.69) is 46.4 Å². The molecule has 2 aromatic rings. The van der Waals surface area contributed by atoms with Crippen molar-refractivity contribution in [3.05, 3.63) is 39.7 Å². The van der Waals surface area contributed by atoms with E-state index in [1.54, 1.807) is 11.3 Å². The number of nitrogens with zero attached hydrogens (tertiary/aromatic N) is 3. The van der Waals surface area contributed by atoms with Crippen LogP contribution in [0.15, 0.2) is 24.3 Å². The van der Waals surface area contributed by atoms with E-state index < -0.39 is 0 Å². The van der Waals surface area contributed by atoms with Gasteiger partial charge in [-0.25, -0.2) is 4.98 Å². The van der Waals surface area contributed by atoms with Crippen LogP contribution >= 0.6 is 11.3 Å². The van der Waals surface area contributed by atoms with E-state index in [-0.39, 0.29) is 11.8 Å². The van der Waals surface area contributed by atoms with Crippen LogP contribution in [0, 0.1) is 13.8 Å². The SMILES string of the molecule is CCNC(=O)CN1CCCN(C(=O)Cc2sc(C)nc2-c2ccc(C)cc2)CC1. The van der Waals surface area contributed by atoms with E-state index in [1.807, 2.05) is 18.7 Å². The summed E-state index contributed by atoms with van der Waals surface area (Å²) in [4.78, 5) is 34.6. The third-order valence-electron chi connectivity index (χ3n) is 5.12. The average molecular weight is 415 g/mol. The van der Waals surface area contributed by atoms with Crippen molar-refractivity contribution in [3.8, 4) is 11.3 Å². The second-order valence-corrected chi connectivity index (χ2v) is 8.80. The van der Waals surface area contributed by atoms with Gasteiger partial charge in [0, 0.05) is 43.2 Å². The van der Waals surface area contributed by atoms with Crippen molar-refractivity contribution in [2.75, 3.05) is 39.3 Å². The van der Waals surface area contributed by atoms with E-state index >= 15 is 0 Å². The van der Waals surface area contributed by atoms with Gasteiger partial charge in [0.25, 0.3) is 0 Å². The number of hydrogen-bond donors (Lipinski definition) is 1. The zero-order chi connectivity index (χ0) is 20.8. The molecule has 0 atom stereocenters. The number of rotatable bonds is 6. The number of aryl methyl sites for hydroxylation is 2. The summed E-state index contributed by atoms with van der Waals surface area (Å²) < 4.78 is 0. The molecule has 1 aliphatic rings. The molecule has 0 bridgehead atoms. The summed E-state index contributed by atoms with van der Waals surface area (Å²) in [7, 11) is 0. The predicted octanol–water partition coefficient (Wildman–Crippen LogP) is 2.64. The second kappa shape index (κ2) is 9.98. The largest absolute Gasteiger partial charge is 0.355 e. The van der Waals surface area contributed by atoms with E-state index in [0.29, 0.717) is 26.1 Å². The van der Waals surface area contributed by atoms with Crippen LogP contribution in [0.4, 0.5) is 0 Å². The number of hydrogen-bond acceptors (Lipinski definition) is 5. The molecule has 156 valence electrons. The number of nitrogens with one attached hydrogen (secondary N) is 1. The lowest BCUT2D eigenvalue weighted by Gasteiger charge is -2.21. The van der Waals surface area contributed by atoms with Gasteiger partial charge >= 0.3 is 0 Å². The topological polar surface area (TPSA) is 65.5 Å². The second-order valence-electron chi connectivity index (χ2n) is 7.51. The Labute approximate surface area is 176 Å². The van der Waals surface area contributed by atoms with Gasteiger partial charge in [0.05, 0.1) is 23.7 Å². The summed E-state index contributed by atoms with van der Waals surface area (Å²) >= 11 is 1.60. The van der Waals surface area contributed by atoms with Crippen LogP contribution in [0.3, 0.4) is 0 Å². The van der Waals surface area contributed by atoms with Gasteiger partial charge in [0.15, 0.2) is 0 Å². The van der Waals surface area contributed by atoms with E-state index in [9.17, 15) is 9.59 Å². The Hall–Kier alpha value is -2.25. The fraction of sp³-hybridized carbons (Fsp3) is 0.500. The Bertz CT molecular complexity index is 847. The highest BCUT2D eigenvalue weighted by Crippen LogP contribution is 2.29. The summed E-state index contributed by atoms with van der Waals surface area (Å²) in [6.45, 7) is 10.0. The van der Waals surface area contributed by atoms with Crippen LogP contribution in [0.5, 0.6) is 0 Å². The standard InChI is InChI=1S/C22H30N4O2S/c1-4-23-20(27)15-25-10-5-11-26(13-12-25)21(28)14-19-22(24-17(3)29-19)18-8-6-16(2)7-9-18/h6-9H,4-5,10-15H2,1-3H3,(H,23,27). The van der Waals surface area contributed by atoms with Crippen molar-refractivity contribution in [3.63, 3.8) is 0 Å². The summed E-state index contributed by atoms with van der Waals surface area (Å²) in [6.07, 6.45) is 1.27. The lowest BCUT2D eigenvalue weighted by Crippen LogP contribution is -2.40. The van der Waals surface area contributed by atoms with Gasteiger partial charge in [-0.05, 0) is 27.2 Å². The van der Waals surface area contributed by atoms with Crippen LogP contribution < -0.4 is 5.32 Å². The maximum atomic E-state index is 13.0. The van der Waals surface area contributed by atoms with Gasteiger partial charge < -0.3 is 10.2 Å². The maximum Gasteiger partial charge on any atom is 0.234 e. The van der Waals surface area contributed by atoms with E-state index in [0.717, 1.165) is 47.2 Å². The molecule has 2 heterocycles. The van der Waals surface area contributed by atoms with Gasteiger partial charge in [-0.1, -0.05) is 29.8 Å². The lowest BCUT2D eigenvalue weighted by atomic mass is 10.1. The molecule has 6 nitrogen and oxygen atoms in total. The van der Waals surface area contributed by atoms with Gasteiger partial charge in [0.1, 0.15) is 0 Å². The van der Waals surface area contributed by atoms with Crippen LogP contribution in [-0.4, -0.2) is 65.9 Å². The van der Waals surface area contributed by atoms with Crippen molar-refractivity contribution in [1.82, 2.24) is 20.1 Å². The third kappa shape index (κ3) is 5.87. The molecule has 1 N–H and O–H groups in total. The lowest BCUT2D eigenvalue weighted by molar-refractivity contribution is -0.130. The molecule has 1 fully saturated rings. The number of thiazole rings is 1. The highest BCUT2D eigenvalue weighted by molar-refractivity contribution is 7.12. The van der Waals surface area contributed by atoms with Crippen molar-refractivity contribution in [1.29, 1.82) is 0 Å². The fourth-order valence-electron chi connectivity index (χ4n) is 3.61. The molecule has 3 rings (SSSR count). The smallest absolute Gasteiger partial charge is 0.234 e. The van der Waals surface area contributed by atoms with Crippen LogP contribution in [-0.2, 0) is 16.0 Å².